The molecule has 1 aromatic heterocycles. The fourth-order valence-corrected chi connectivity index (χ4v) is 4.29. The van der Waals surface area contributed by atoms with Crippen molar-refractivity contribution in [1.29, 1.82) is 0 Å². The van der Waals surface area contributed by atoms with Crippen molar-refractivity contribution in [3.63, 3.8) is 0 Å². The number of halogens is 1. The van der Waals surface area contributed by atoms with Crippen LogP contribution in [0.25, 0.3) is 10.9 Å². The fraction of sp³-hybridized carbons (Fsp3) is 0.375. The van der Waals surface area contributed by atoms with Gasteiger partial charge in [-0.15, -0.1) is 0 Å². The first-order valence-corrected chi connectivity index (χ1v) is 8.60. The Labute approximate surface area is 152 Å². The number of hydrogen-bond donors (Lipinski definition) is 0. The number of urea groups is 1. The average molecular weight is 441 g/mol. The molecule has 2 amide bonds. The van der Waals surface area contributed by atoms with Crippen molar-refractivity contribution in [3.05, 3.63) is 35.5 Å². The predicted molar refractivity (Wildman–Crippen MR) is 94.1 cm³/mol. The first-order chi connectivity index (χ1) is 11.6. The molecule has 0 N–H and O–H groups in total. The third kappa shape index (κ3) is 1.92. The van der Waals surface area contributed by atoms with Crippen molar-refractivity contribution >= 4 is 45.9 Å². The van der Waals surface area contributed by atoms with E-state index in [4.69, 9.17) is 7.90 Å². The highest BCUT2D eigenvalue weighted by atomic mass is 127. The number of ether oxygens (including phenoxy) is 1. The summed E-state index contributed by atoms with van der Waals surface area (Å²) in [7, 11) is 1.95. The van der Waals surface area contributed by atoms with Crippen LogP contribution < -0.4 is 0 Å². The summed E-state index contributed by atoms with van der Waals surface area (Å²) in [6.07, 6.45) is 0. The van der Waals surface area contributed by atoms with Crippen LogP contribution in [0.5, 0.6) is 0 Å². The van der Waals surface area contributed by atoms with Gasteiger partial charge in [0.25, 0.3) is 0 Å². The van der Waals surface area contributed by atoms with Gasteiger partial charge in [0, 0.05) is 23.5 Å². The quantitative estimate of drug-likeness (QED) is 0.543. The minimum Gasteiger partial charge on any atom is -0.464 e. The minimum atomic E-state index is -0.744. The number of hydroxylamine groups is 2. The normalized spacial score (nSPS) is 22.2. The van der Waals surface area contributed by atoms with Crippen molar-refractivity contribution in [2.45, 2.75) is 19.0 Å². The highest BCUT2D eigenvalue weighted by molar-refractivity contribution is 14.1. The van der Waals surface area contributed by atoms with Crippen LogP contribution in [0.15, 0.2) is 24.3 Å². The molecule has 2 atom stereocenters. The van der Waals surface area contributed by atoms with E-state index in [1.165, 1.54) is 9.96 Å². The number of esters is 1. The number of carbonyl (C=O) groups is 2. The van der Waals surface area contributed by atoms with Gasteiger partial charge in [-0.3, -0.25) is 0 Å². The molecule has 0 radical (unpaired) electrons. The molecule has 2 unspecified atom stereocenters. The molecule has 126 valence electrons. The van der Waals surface area contributed by atoms with E-state index in [0.717, 1.165) is 22.2 Å². The monoisotopic (exact) mass is 441 g/mol. The van der Waals surface area contributed by atoms with Gasteiger partial charge in [0.2, 0.25) is 0 Å². The standard InChI is InChI=1S/C16H16IN3O4/c1-3-23-15(21)14-12-9-6-4-5-7-10(9)18(2)13(12)11-8-19(14)16(22)20(11)24-17/h4-7,11,14H,3,8H2,1-2H3. The molecule has 4 rings (SSSR count). The van der Waals surface area contributed by atoms with Crippen LogP contribution in [0.3, 0.4) is 0 Å². The zero-order valence-corrected chi connectivity index (χ0v) is 15.4. The van der Waals surface area contributed by atoms with Crippen molar-refractivity contribution in [3.8, 4) is 0 Å². The van der Waals surface area contributed by atoms with E-state index in [9.17, 15) is 9.59 Å². The maximum atomic E-state index is 12.7. The van der Waals surface area contributed by atoms with Crippen LogP contribution in [0.2, 0.25) is 0 Å². The Morgan fingerprint density at radius 3 is 2.83 bits per heavy atom. The van der Waals surface area contributed by atoms with Gasteiger partial charge in [-0.05, 0) is 13.0 Å². The van der Waals surface area contributed by atoms with E-state index in [-0.39, 0.29) is 18.7 Å². The molecular formula is C16H16IN3O4. The lowest BCUT2D eigenvalue weighted by Gasteiger charge is -2.30. The van der Waals surface area contributed by atoms with Gasteiger partial charge < -0.3 is 14.2 Å². The van der Waals surface area contributed by atoms with E-state index in [2.05, 4.69) is 0 Å². The van der Waals surface area contributed by atoms with Crippen LogP contribution in [-0.2, 0) is 19.7 Å². The summed E-state index contributed by atoms with van der Waals surface area (Å²) in [5.74, 6) is -0.405. The topological polar surface area (TPSA) is 64.0 Å². The largest absolute Gasteiger partial charge is 0.464 e. The Balaban J connectivity index is 2.00. The number of aromatic nitrogens is 1. The van der Waals surface area contributed by atoms with Crippen molar-refractivity contribution in [2.24, 2.45) is 7.05 Å². The number of nitrogens with zero attached hydrogens (tertiary/aromatic N) is 3. The SMILES string of the molecule is CCOC(=O)C1c2c(n(C)c3ccccc23)C2CN1C(=O)N2OI. The molecule has 1 fully saturated rings. The van der Waals surface area contributed by atoms with E-state index in [0.29, 0.717) is 6.54 Å². The van der Waals surface area contributed by atoms with E-state index >= 15 is 0 Å². The first-order valence-electron chi connectivity index (χ1n) is 7.72. The highest BCUT2D eigenvalue weighted by Crippen LogP contribution is 2.48. The van der Waals surface area contributed by atoms with E-state index < -0.39 is 12.0 Å². The molecule has 7 nitrogen and oxygen atoms in total. The van der Waals surface area contributed by atoms with E-state index in [1.54, 1.807) is 29.9 Å². The summed E-state index contributed by atoms with van der Waals surface area (Å²) in [4.78, 5) is 26.8. The molecule has 1 aromatic carbocycles. The van der Waals surface area contributed by atoms with Gasteiger partial charge in [-0.25, -0.2) is 9.59 Å². The van der Waals surface area contributed by atoms with Gasteiger partial charge in [0.1, 0.15) is 29.0 Å². The van der Waals surface area contributed by atoms with Crippen LogP contribution >= 0.6 is 23.0 Å². The average Bonchev–Trinajstić information content (AvgIpc) is 3.03. The van der Waals surface area contributed by atoms with E-state index in [1.807, 2.05) is 35.9 Å². The van der Waals surface area contributed by atoms with Gasteiger partial charge in [0.05, 0.1) is 18.8 Å². The number of benzene rings is 1. The lowest BCUT2D eigenvalue weighted by molar-refractivity contribution is -0.148. The summed E-state index contributed by atoms with van der Waals surface area (Å²) in [5, 5.41) is 2.29. The number of carbonyl (C=O) groups excluding carboxylic acids is 2. The second kappa shape index (κ2) is 5.62. The minimum absolute atomic E-state index is 0.243. The molecular weight excluding hydrogens is 425 g/mol. The molecule has 3 heterocycles. The molecule has 0 spiro atoms. The molecule has 0 aliphatic carbocycles. The second-order valence-electron chi connectivity index (χ2n) is 5.88. The Morgan fingerprint density at radius 2 is 2.12 bits per heavy atom. The molecule has 2 aliphatic rings. The van der Waals surface area contributed by atoms with Gasteiger partial charge in [-0.1, -0.05) is 18.2 Å². The highest BCUT2D eigenvalue weighted by Gasteiger charge is 2.53. The predicted octanol–water partition coefficient (Wildman–Crippen LogP) is 2.86. The van der Waals surface area contributed by atoms with Crippen LogP contribution in [-0.4, -0.2) is 39.7 Å². The molecule has 2 aliphatic heterocycles. The third-order valence-corrected chi connectivity index (χ3v) is 5.19. The summed E-state index contributed by atoms with van der Waals surface area (Å²) in [6, 6.07) is 6.59. The maximum absolute atomic E-state index is 12.7. The smallest absolute Gasteiger partial charge is 0.346 e. The molecule has 24 heavy (non-hydrogen) atoms. The van der Waals surface area contributed by atoms with Crippen molar-refractivity contribution in [2.75, 3.05) is 13.2 Å². The molecule has 2 aromatic rings. The summed E-state index contributed by atoms with van der Waals surface area (Å²) in [6.45, 7) is 2.44. The van der Waals surface area contributed by atoms with Crippen LogP contribution in [0, 0.1) is 0 Å². The van der Waals surface area contributed by atoms with Gasteiger partial charge in [0.15, 0.2) is 6.04 Å². The zero-order chi connectivity index (χ0) is 17.0. The van der Waals surface area contributed by atoms with Crippen molar-refractivity contribution in [1.82, 2.24) is 14.5 Å². The van der Waals surface area contributed by atoms with Crippen LogP contribution in [0.4, 0.5) is 4.79 Å². The number of para-hydroxylation sites is 1. The second-order valence-corrected chi connectivity index (χ2v) is 6.27. The van der Waals surface area contributed by atoms with Crippen LogP contribution in [0.1, 0.15) is 30.3 Å². The maximum Gasteiger partial charge on any atom is 0.346 e. The number of fused-ring (bicyclic) bond motifs is 6. The number of rotatable bonds is 3. The van der Waals surface area contributed by atoms with Crippen molar-refractivity contribution < 1.29 is 17.5 Å². The summed E-state index contributed by atoms with van der Waals surface area (Å²) >= 11 is 1.70. The Bertz CT molecular complexity index is 849. The zero-order valence-electron chi connectivity index (χ0n) is 13.2. The summed E-state index contributed by atoms with van der Waals surface area (Å²) in [5.41, 5.74) is 2.78. The number of aryl methyl sites for hydroxylation is 1. The summed E-state index contributed by atoms with van der Waals surface area (Å²) < 4.78 is 12.6. The Morgan fingerprint density at radius 1 is 1.38 bits per heavy atom. The third-order valence-electron chi connectivity index (χ3n) is 4.76. The first kappa shape index (κ1) is 15.7. The number of amides is 2. The lowest BCUT2D eigenvalue weighted by atomic mass is 9.95. The number of hydrogen-bond acceptors (Lipinski definition) is 4. The van der Waals surface area contributed by atoms with Gasteiger partial charge >= 0.3 is 12.0 Å². The Hall–Kier alpha value is -1.81. The molecule has 2 bridgehead atoms. The Kier molecular flexibility index (Phi) is 3.68. The molecule has 8 heteroatoms. The molecule has 0 saturated carbocycles. The fourth-order valence-electron chi connectivity index (χ4n) is 3.84. The lowest BCUT2D eigenvalue weighted by Crippen LogP contribution is -2.39. The van der Waals surface area contributed by atoms with Gasteiger partial charge in [-0.2, -0.15) is 8.23 Å². The molecule has 1 saturated heterocycles.